The van der Waals surface area contributed by atoms with E-state index in [1.54, 1.807) is 13.0 Å². The fourth-order valence-electron chi connectivity index (χ4n) is 1.72. The van der Waals surface area contributed by atoms with Crippen LogP contribution >= 0.6 is 0 Å². The van der Waals surface area contributed by atoms with Gasteiger partial charge in [0.1, 0.15) is 18.7 Å². The summed E-state index contributed by atoms with van der Waals surface area (Å²) in [6.07, 6.45) is 0. The van der Waals surface area contributed by atoms with Crippen LogP contribution in [-0.2, 0) is 11.3 Å². The molecule has 0 saturated carbocycles. The van der Waals surface area contributed by atoms with Gasteiger partial charge in [-0.15, -0.1) is 0 Å². The van der Waals surface area contributed by atoms with Gasteiger partial charge in [0.05, 0.1) is 6.07 Å². The van der Waals surface area contributed by atoms with Crippen molar-refractivity contribution in [2.45, 2.75) is 20.4 Å². The van der Waals surface area contributed by atoms with E-state index in [-0.39, 0.29) is 18.7 Å². The van der Waals surface area contributed by atoms with Gasteiger partial charge in [-0.1, -0.05) is 0 Å². The van der Waals surface area contributed by atoms with Crippen molar-refractivity contribution >= 4 is 11.9 Å². The summed E-state index contributed by atoms with van der Waals surface area (Å²) in [5, 5.41) is 19.6. The summed E-state index contributed by atoms with van der Waals surface area (Å²) in [7, 11) is 0. The van der Waals surface area contributed by atoms with E-state index in [1.807, 2.05) is 0 Å². The van der Waals surface area contributed by atoms with Crippen molar-refractivity contribution in [3.8, 4) is 6.07 Å². The average Bonchev–Trinajstić information content (AvgIpc) is 2.31. The molecule has 0 fully saturated rings. The maximum atomic E-state index is 12.0. The molecule has 0 radical (unpaired) electrons. The van der Waals surface area contributed by atoms with Gasteiger partial charge in [-0.2, -0.15) is 5.26 Å². The fraction of sp³-hybridized carbons (Fsp3) is 0.333. The molecule has 1 aromatic rings. The molecule has 0 bridgehead atoms. The van der Waals surface area contributed by atoms with Gasteiger partial charge < -0.3 is 15.0 Å². The second-order valence-electron chi connectivity index (χ2n) is 3.98. The van der Waals surface area contributed by atoms with Crippen LogP contribution in [-0.4, -0.2) is 28.1 Å². The summed E-state index contributed by atoms with van der Waals surface area (Å²) in [4.78, 5) is 34.5. The maximum Gasteiger partial charge on any atom is 0.341 e. The van der Waals surface area contributed by atoms with E-state index in [4.69, 9.17) is 10.4 Å². The molecule has 0 spiro atoms. The van der Waals surface area contributed by atoms with Crippen LogP contribution in [0.1, 0.15) is 21.6 Å². The molecular weight excluding hydrogens is 250 g/mol. The van der Waals surface area contributed by atoms with Crippen LogP contribution in [0, 0.1) is 25.2 Å². The molecule has 0 aliphatic rings. The lowest BCUT2D eigenvalue weighted by Crippen LogP contribution is -2.36. The number of aromatic nitrogens is 1. The Morgan fingerprint density at radius 2 is 2.11 bits per heavy atom. The highest BCUT2D eigenvalue weighted by atomic mass is 16.4. The van der Waals surface area contributed by atoms with Crippen molar-refractivity contribution in [3.05, 3.63) is 33.2 Å². The van der Waals surface area contributed by atoms with Crippen molar-refractivity contribution in [3.63, 3.8) is 0 Å². The molecule has 2 N–H and O–H groups in total. The number of nitrogens with zero attached hydrogens (tertiary/aromatic N) is 2. The molecule has 1 aromatic heterocycles. The molecule has 7 heteroatoms. The lowest BCUT2D eigenvalue weighted by Gasteiger charge is -2.12. The first-order chi connectivity index (χ1) is 8.88. The predicted molar refractivity (Wildman–Crippen MR) is 65.8 cm³/mol. The highest BCUT2D eigenvalue weighted by Gasteiger charge is 2.17. The van der Waals surface area contributed by atoms with E-state index in [2.05, 4.69) is 5.32 Å². The van der Waals surface area contributed by atoms with Gasteiger partial charge in [-0.3, -0.25) is 9.59 Å². The molecule has 0 aliphatic heterocycles. The Bertz CT molecular complexity index is 625. The second kappa shape index (κ2) is 5.82. The van der Waals surface area contributed by atoms with Crippen LogP contribution in [0.25, 0.3) is 0 Å². The van der Waals surface area contributed by atoms with E-state index in [9.17, 15) is 14.4 Å². The van der Waals surface area contributed by atoms with Crippen molar-refractivity contribution in [1.82, 2.24) is 9.88 Å². The van der Waals surface area contributed by atoms with Gasteiger partial charge in [0.2, 0.25) is 5.91 Å². The largest absolute Gasteiger partial charge is 0.477 e. The van der Waals surface area contributed by atoms with Crippen LogP contribution in [0.2, 0.25) is 0 Å². The lowest BCUT2D eigenvalue weighted by atomic mass is 10.1. The summed E-state index contributed by atoms with van der Waals surface area (Å²) in [5.41, 5.74) is -0.237. The Morgan fingerprint density at radius 3 is 2.63 bits per heavy atom. The first-order valence-electron chi connectivity index (χ1n) is 5.46. The standard InChI is InChI=1S/C12H13N3O4/c1-7-5-8(2)15(6-9(16)14-4-3-13)11(17)10(7)12(18)19/h5H,4,6H2,1-2H3,(H,14,16)(H,18,19). The van der Waals surface area contributed by atoms with E-state index >= 15 is 0 Å². The summed E-state index contributed by atoms with van der Waals surface area (Å²) in [5.74, 6) is -1.85. The van der Waals surface area contributed by atoms with E-state index in [1.165, 1.54) is 13.0 Å². The Morgan fingerprint density at radius 1 is 1.47 bits per heavy atom. The van der Waals surface area contributed by atoms with Gasteiger partial charge in [0.15, 0.2) is 0 Å². The number of hydrogen-bond donors (Lipinski definition) is 2. The van der Waals surface area contributed by atoms with Crippen molar-refractivity contribution < 1.29 is 14.7 Å². The summed E-state index contributed by atoms with van der Waals surface area (Å²) in [6.45, 7) is 2.66. The molecule has 1 rings (SSSR count). The smallest absolute Gasteiger partial charge is 0.341 e. The summed E-state index contributed by atoms with van der Waals surface area (Å²) < 4.78 is 1.07. The Labute approximate surface area is 109 Å². The Hall–Kier alpha value is -2.62. The lowest BCUT2D eigenvalue weighted by molar-refractivity contribution is -0.121. The van der Waals surface area contributed by atoms with Gasteiger partial charge in [-0.05, 0) is 25.5 Å². The minimum Gasteiger partial charge on any atom is -0.477 e. The summed E-state index contributed by atoms with van der Waals surface area (Å²) >= 11 is 0. The molecule has 0 unspecified atom stereocenters. The molecule has 100 valence electrons. The highest BCUT2D eigenvalue weighted by molar-refractivity contribution is 5.89. The number of aromatic carboxylic acids is 1. The third-order valence-electron chi connectivity index (χ3n) is 2.58. The van der Waals surface area contributed by atoms with E-state index in [0.717, 1.165) is 4.57 Å². The van der Waals surface area contributed by atoms with Crippen molar-refractivity contribution in [1.29, 1.82) is 5.26 Å². The number of nitrogens with one attached hydrogen (secondary N) is 1. The third-order valence-corrected chi connectivity index (χ3v) is 2.58. The molecule has 1 amide bonds. The van der Waals surface area contributed by atoms with Gasteiger partial charge in [-0.25, -0.2) is 4.79 Å². The van der Waals surface area contributed by atoms with Gasteiger partial charge in [0.25, 0.3) is 5.56 Å². The number of nitriles is 1. The number of amides is 1. The van der Waals surface area contributed by atoms with Crippen LogP contribution in [0.3, 0.4) is 0 Å². The number of rotatable bonds is 4. The minimum atomic E-state index is -1.33. The van der Waals surface area contributed by atoms with E-state index < -0.39 is 17.4 Å². The Balaban J connectivity index is 3.19. The number of carbonyl (C=O) groups excluding carboxylic acids is 1. The molecule has 0 saturated heterocycles. The van der Waals surface area contributed by atoms with Crippen LogP contribution in [0.4, 0.5) is 0 Å². The van der Waals surface area contributed by atoms with Crippen LogP contribution in [0.15, 0.2) is 10.9 Å². The van der Waals surface area contributed by atoms with Crippen LogP contribution < -0.4 is 10.9 Å². The number of carbonyl (C=O) groups is 2. The SMILES string of the molecule is Cc1cc(C)n(CC(=O)NCC#N)c(=O)c1C(=O)O. The van der Waals surface area contributed by atoms with Gasteiger partial charge >= 0.3 is 5.97 Å². The van der Waals surface area contributed by atoms with Gasteiger partial charge in [0, 0.05) is 5.69 Å². The molecule has 0 atom stereocenters. The molecular formula is C12H13N3O4. The second-order valence-corrected chi connectivity index (χ2v) is 3.98. The van der Waals surface area contributed by atoms with Crippen LogP contribution in [0.5, 0.6) is 0 Å². The van der Waals surface area contributed by atoms with Crippen molar-refractivity contribution in [2.75, 3.05) is 6.54 Å². The Kier molecular flexibility index (Phi) is 4.42. The van der Waals surface area contributed by atoms with Crippen molar-refractivity contribution in [2.24, 2.45) is 0 Å². The minimum absolute atomic E-state index is 0.162. The van der Waals surface area contributed by atoms with E-state index in [0.29, 0.717) is 11.3 Å². The third kappa shape index (κ3) is 3.19. The number of carboxylic acids is 1. The zero-order valence-corrected chi connectivity index (χ0v) is 10.6. The molecule has 1 heterocycles. The zero-order valence-electron chi connectivity index (χ0n) is 10.6. The quantitative estimate of drug-likeness (QED) is 0.731. The predicted octanol–water partition coefficient (Wildman–Crippen LogP) is -0.197. The molecule has 0 aliphatic carbocycles. The first kappa shape index (κ1) is 14.4. The molecule has 7 nitrogen and oxygen atoms in total. The average molecular weight is 263 g/mol. The molecule has 0 aromatic carbocycles. The summed E-state index contributed by atoms with van der Waals surface area (Å²) in [6, 6.07) is 3.27. The zero-order chi connectivity index (χ0) is 14.6. The normalized spacial score (nSPS) is 9.74. The highest BCUT2D eigenvalue weighted by Crippen LogP contribution is 2.06. The number of aryl methyl sites for hydroxylation is 2. The number of carboxylic acid groups (broad SMARTS) is 1. The maximum absolute atomic E-state index is 12.0. The number of hydrogen-bond acceptors (Lipinski definition) is 4. The molecule has 19 heavy (non-hydrogen) atoms. The number of pyridine rings is 1. The monoisotopic (exact) mass is 263 g/mol. The fourth-order valence-corrected chi connectivity index (χ4v) is 1.72. The topological polar surface area (TPSA) is 112 Å². The first-order valence-corrected chi connectivity index (χ1v) is 5.46.